The second-order valence-electron chi connectivity index (χ2n) is 8.25. The fourth-order valence-electron chi connectivity index (χ4n) is 2.94. The van der Waals surface area contributed by atoms with E-state index in [-0.39, 0.29) is 16.4 Å². The Labute approximate surface area is 198 Å². The molecule has 7 heteroatoms. The minimum Gasteiger partial charge on any atom is -0.332 e. The van der Waals surface area contributed by atoms with Gasteiger partial charge in [0.15, 0.2) is 5.11 Å². The predicted molar refractivity (Wildman–Crippen MR) is 135 cm³/mol. The number of carbonyl (C=O) groups is 2. The number of rotatable bonds is 4. The van der Waals surface area contributed by atoms with E-state index in [0.29, 0.717) is 27.5 Å². The van der Waals surface area contributed by atoms with E-state index in [2.05, 4.69) is 36.7 Å². The first-order chi connectivity index (χ1) is 15.1. The van der Waals surface area contributed by atoms with Gasteiger partial charge in [-0.25, -0.2) is 0 Å². The first-order valence-corrected chi connectivity index (χ1v) is 10.8. The minimum atomic E-state index is -0.394. The van der Waals surface area contributed by atoms with E-state index < -0.39 is 5.91 Å². The van der Waals surface area contributed by atoms with Crippen molar-refractivity contribution in [3.63, 3.8) is 0 Å². The molecular formula is C25H24ClN3O2S. The lowest BCUT2D eigenvalue weighted by molar-refractivity contribution is 0.0976. The molecule has 2 amide bonds. The van der Waals surface area contributed by atoms with Gasteiger partial charge in [0, 0.05) is 16.9 Å². The number of hydrogen-bond donors (Lipinski definition) is 3. The molecular weight excluding hydrogens is 442 g/mol. The lowest BCUT2D eigenvalue weighted by atomic mass is 9.87. The lowest BCUT2D eigenvalue weighted by Crippen LogP contribution is -2.34. The Bertz CT molecular complexity index is 1140. The van der Waals surface area contributed by atoms with Crippen LogP contribution in [0.5, 0.6) is 0 Å². The molecule has 0 heterocycles. The Morgan fingerprint density at radius 3 is 1.91 bits per heavy atom. The summed E-state index contributed by atoms with van der Waals surface area (Å²) in [6.07, 6.45) is 0. The maximum atomic E-state index is 12.5. The van der Waals surface area contributed by atoms with Crippen molar-refractivity contribution < 1.29 is 9.59 Å². The molecule has 0 bridgehead atoms. The average Bonchev–Trinajstić information content (AvgIpc) is 2.74. The maximum Gasteiger partial charge on any atom is 0.258 e. The highest BCUT2D eigenvalue weighted by molar-refractivity contribution is 7.80. The number of nitrogens with one attached hydrogen (secondary N) is 3. The van der Waals surface area contributed by atoms with Gasteiger partial charge in [-0.3, -0.25) is 14.9 Å². The SMILES string of the molecule is CC(C)(C)c1ccc(C(=O)Nc2ccc(NC(=S)NC(=O)c3ccccc3Cl)cc2)cc1. The molecule has 3 N–H and O–H groups in total. The zero-order chi connectivity index (χ0) is 23.3. The summed E-state index contributed by atoms with van der Waals surface area (Å²) < 4.78 is 0. The van der Waals surface area contributed by atoms with Crippen LogP contribution in [0.25, 0.3) is 0 Å². The molecule has 0 fully saturated rings. The highest BCUT2D eigenvalue weighted by atomic mass is 35.5. The second kappa shape index (κ2) is 9.94. The standard InChI is InChI=1S/C25H24ClN3O2S/c1-25(2,3)17-10-8-16(9-11-17)22(30)27-18-12-14-19(15-13-18)28-24(32)29-23(31)20-6-4-5-7-21(20)26/h4-15H,1-3H3,(H,27,30)(H2,28,29,31,32). The number of anilines is 2. The molecule has 0 atom stereocenters. The zero-order valence-electron chi connectivity index (χ0n) is 18.0. The Hall–Kier alpha value is -3.22. The monoisotopic (exact) mass is 465 g/mol. The number of amides is 2. The van der Waals surface area contributed by atoms with E-state index in [1.165, 1.54) is 5.56 Å². The van der Waals surface area contributed by atoms with Gasteiger partial charge < -0.3 is 10.6 Å². The van der Waals surface area contributed by atoms with Crippen molar-refractivity contribution in [2.75, 3.05) is 10.6 Å². The quantitative estimate of drug-likeness (QED) is 0.412. The van der Waals surface area contributed by atoms with Gasteiger partial charge in [-0.1, -0.05) is 56.6 Å². The Morgan fingerprint density at radius 1 is 0.781 bits per heavy atom. The fraction of sp³-hybridized carbons (Fsp3) is 0.160. The fourth-order valence-corrected chi connectivity index (χ4v) is 3.37. The Kier molecular flexibility index (Phi) is 7.28. The third kappa shape index (κ3) is 6.15. The van der Waals surface area contributed by atoms with Crippen LogP contribution in [-0.4, -0.2) is 16.9 Å². The molecule has 0 aliphatic rings. The summed E-state index contributed by atoms with van der Waals surface area (Å²) in [6, 6.07) is 21.3. The van der Waals surface area contributed by atoms with Gasteiger partial charge in [0.05, 0.1) is 10.6 Å². The van der Waals surface area contributed by atoms with Gasteiger partial charge in [-0.2, -0.15) is 0 Å². The van der Waals surface area contributed by atoms with Crippen molar-refractivity contribution in [3.8, 4) is 0 Å². The summed E-state index contributed by atoms with van der Waals surface area (Å²) in [5, 5.41) is 8.90. The van der Waals surface area contributed by atoms with E-state index in [1.807, 2.05) is 24.3 Å². The summed E-state index contributed by atoms with van der Waals surface area (Å²) in [7, 11) is 0. The average molecular weight is 466 g/mol. The molecule has 3 aromatic rings. The summed E-state index contributed by atoms with van der Waals surface area (Å²) in [5.41, 5.74) is 3.44. The van der Waals surface area contributed by atoms with E-state index in [0.717, 1.165) is 0 Å². The summed E-state index contributed by atoms with van der Waals surface area (Å²) in [6.45, 7) is 6.39. The maximum absolute atomic E-state index is 12.5. The minimum absolute atomic E-state index is 0.0330. The third-order valence-corrected chi connectivity index (χ3v) is 5.29. The van der Waals surface area contributed by atoms with E-state index >= 15 is 0 Å². The lowest BCUT2D eigenvalue weighted by Gasteiger charge is -2.19. The molecule has 0 aliphatic heterocycles. The summed E-state index contributed by atoms with van der Waals surface area (Å²) in [4.78, 5) is 24.8. The highest BCUT2D eigenvalue weighted by Gasteiger charge is 2.15. The second-order valence-corrected chi connectivity index (χ2v) is 9.06. The third-order valence-electron chi connectivity index (χ3n) is 4.76. The van der Waals surface area contributed by atoms with E-state index in [9.17, 15) is 9.59 Å². The van der Waals surface area contributed by atoms with Gasteiger partial charge >= 0.3 is 0 Å². The van der Waals surface area contributed by atoms with Crippen LogP contribution in [-0.2, 0) is 5.41 Å². The number of benzene rings is 3. The van der Waals surface area contributed by atoms with Crippen LogP contribution in [0.1, 0.15) is 47.1 Å². The smallest absolute Gasteiger partial charge is 0.258 e. The van der Waals surface area contributed by atoms with Crippen LogP contribution in [0.4, 0.5) is 11.4 Å². The molecule has 0 unspecified atom stereocenters. The zero-order valence-corrected chi connectivity index (χ0v) is 19.6. The molecule has 0 saturated heterocycles. The van der Waals surface area contributed by atoms with Crippen LogP contribution in [0.3, 0.4) is 0 Å². The van der Waals surface area contributed by atoms with Crippen LogP contribution >= 0.6 is 23.8 Å². The molecule has 3 aromatic carbocycles. The van der Waals surface area contributed by atoms with Gasteiger partial charge in [0.25, 0.3) is 11.8 Å². The molecule has 0 saturated carbocycles. The van der Waals surface area contributed by atoms with Crippen molar-refractivity contribution in [1.29, 1.82) is 0 Å². The van der Waals surface area contributed by atoms with E-state index in [1.54, 1.807) is 48.5 Å². The largest absolute Gasteiger partial charge is 0.332 e. The molecule has 0 aromatic heterocycles. The molecule has 0 aliphatic carbocycles. The number of hydrogen-bond acceptors (Lipinski definition) is 3. The molecule has 0 radical (unpaired) electrons. The van der Waals surface area contributed by atoms with Crippen LogP contribution in [0.2, 0.25) is 5.02 Å². The van der Waals surface area contributed by atoms with Gasteiger partial charge in [-0.15, -0.1) is 0 Å². The van der Waals surface area contributed by atoms with Crippen LogP contribution < -0.4 is 16.0 Å². The Morgan fingerprint density at radius 2 is 1.34 bits per heavy atom. The van der Waals surface area contributed by atoms with Crippen molar-refractivity contribution in [1.82, 2.24) is 5.32 Å². The van der Waals surface area contributed by atoms with Gasteiger partial charge in [0.1, 0.15) is 0 Å². The number of halogens is 1. The van der Waals surface area contributed by atoms with Crippen LogP contribution in [0, 0.1) is 0 Å². The topological polar surface area (TPSA) is 70.2 Å². The number of thiocarbonyl (C=S) groups is 1. The van der Waals surface area contributed by atoms with Crippen molar-refractivity contribution in [3.05, 3.63) is 94.5 Å². The van der Waals surface area contributed by atoms with Gasteiger partial charge in [-0.05, 0) is 71.7 Å². The molecule has 3 rings (SSSR count). The summed E-state index contributed by atoms with van der Waals surface area (Å²) >= 11 is 11.2. The highest BCUT2D eigenvalue weighted by Crippen LogP contribution is 2.23. The molecule has 0 spiro atoms. The van der Waals surface area contributed by atoms with Crippen molar-refractivity contribution in [2.24, 2.45) is 0 Å². The molecule has 32 heavy (non-hydrogen) atoms. The predicted octanol–water partition coefficient (Wildman–Crippen LogP) is 6.02. The Balaban J connectivity index is 1.56. The normalized spacial score (nSPS) is 10.9. The van der Waals surface area contributed by atoms with Crippen LogP contribution in [0.15, 0.2) is 72.8 Å². The van der Waals surface area contributed by atoms with Crippen molar-refractivity contribution in [2.45, 2.75) is 26.2 Å². The first kappa shape index (κ1) is 23.4. The van der Waals surface area contributed by atoms with Crippen molar-refractivity contribution >= 4 is 52.1 Å². The van der Waals surface area contributed by atoms with Gasteiger partial charge in [0.2, 0.25) is 0 Å². The first-order valence-electron chi connectivity index (χ1n) is 10.0. The van der Waals surface area contributed by atoms with E-state index in [4.69, 9.17) is 23.8 Å². The summed E-state index contributed by atoms with van der Waals surface area (Å²) in [5.74, 6) is -0.580. The number of carbonyl (C=O) groups excluding carboxylic acids is 2. The molecule has 164 valence electrons. The molecule has 5 nitrogen and oxygen atoms in total.